The molecule has 0 radical (unpaired) electrons. The van der Waals surface area contributed by atoms with Crippen molar-refractivity contribution < 1.29 is 14.7 Å². The Kier molecular flexibility index (Phi) is 4.16. The predicted molar refractivity (Wildman–Crippen MR) is 67.0 cm³/mol. The first-order valence-corrected chi connectivity index (χ1v) is 5.20. The molecule has 7 nitrogen and oxygen atoms in total. The predicted octanol–water partition coefficient (Wildman–Crippen LogP) is 0.281. The number of aromatic hydroxyl groups is 1. The number of ether oxygens (including phenoxy) is 1. The van der Waals surface area contributed by atoms with Gasteiger partial charge in [-0.05, 0) is 12.1 Å². The molecule has 0 saturated carbocycles. The van der Waals surface area contributed by atoms with Crippen molar-refractivity contribution in [3.63, 3.8) is 0 Å². The van der Waals surface area contributed by atoms with Crippen molar-refractivity contribution in [3.05, 3.63) is 27.4 Å². The summed E-state index contributed by atoms with van der Waals surface area (Å²) in [6, 6.07) is 3.13. The average Bonchev–Trinajstić information content (AvgIpc) is 2.29. The van der Waals surface area contributed by atoms with Gasteiger partial charge in [0.05, 0.1) is 13.3 Å². The molecule has 0 fully saturated rings. The molecule has 0 heterocycles. The quantitative estimate of drug-likeness (QED) is 0.243. The number of guanidine groups is 1. The van der Waals surface area contributed by atoms with Gasteiger partial charge in [0.15, 0.2) is 11.5 Å². The van der Waals surface area contributed by atoms with Crippen molar-refractivity contribution in [1.82, 2.24) is 0 Å². The maximum Gasteiger partial charge on any atom is 0.366 e. The summed E-state index contributed by atoms with van der Waals surface area (Å²) in [7, 11) is 1.41. The number of nitrogens with zero attached hydrogens (tertiary/aromatic N) is 2. The molecule has 0 atom stereocenters. The van der Waals surface area contributed by atoms with Crippen molar-refractivity contribution >= 4 is 28.1 Å². The van der Waals surface area contributed by atoms with Gasteiger partial charge in [0.2, 0.25) is 0 Å². The molecule has 0 aromatic heterocycles. The first kappa shape index (κ1) is 13.1. The molecule has 0 spiro atoms. The Balaban J connectivity index is 3.15. The number of rotatable bonds is 3. The van der Waals surface area contributed by atoms with E-state index >= 15 is 0 Å². The van der Waals surface area contributed by atoms with E-state index in [1.165, 1.54) is 7.11 Å². The normalized spacial score (nSPS) is 10.5. The Labute approximate surface area is 106 Å². The van der Waals surface area contributed by atoms with E-state index in [1.807, 2.05) is 0 Å². The van der Waals surface area contributed by atoms with Gasteiger partial charge in [-0.3, -0.25) is 11.5 Å². The maximum absolute atomic E-state index is 11.0. The zero-order chi connectivity index (χ0) is 13.0. The Morgan fingerprint density at radius 1 is 1.59 bits per heavy atom. The minimum Gasteiger partial charge on any atom is -0.722 e. The smallest absolute Gasteiger partial charge is 0.366 e. The molecule has 17 heavy (non-hydrogen) atoms. The van der Waals surface area contributed by atoms with Crippen LogP contribution in [0.4, 0.5) is 0 Å². The second-order valence-electron chi connectivity index (χ2n) is 2.99. The minimum atomic E-state index is -0.497. The fourth-order valence-electron chi connectivity index (χ4n) is 1.03. The molecule has 1 rings (SSSR count). The fourth-order valence-corrected chi connectivity index (χ4v) is 1.48. The van der Waals surface area contributed by atoms with Crippen LogP contribution in [0.15, 0.2) is 21.7 Å². The summed E-state index contributed by atoms with van der Waals surface area (Å²) < 4.78 is 5.60. The van der Waals surface area contributed by atoms with E-state index in [1.54, 1.807) is 12.1 Å². The lowest BCUT2D eigenvalue weighted by molar-refractivity contribution is -0.463. The molecule has 1 aromatic carbocycles. The van der Waals surface area contributed by atoms with E-state index in [2.05, 4.69) is 21.0 Å². The molecule has 0 aliphatic heterocycles. The lowest BCUT2D eigenvalue weighted by atomic mass is 10.2. The van der Waals surface area contributed by atoms with Crippen LogP contribution in [-0.2, 0) is 0 Å². The standard InChI is InChI=1S/C9H11BrN4O3/c1-17-7-3-6(10)2-5(8(7)15)4-13-14(16)9(11)12/h2-4,15H,11-12H2,1H3/b13-4+. The van der Waals surface area contributed by atoms with E-state index in [-0.39, 0.29) is 16.3 Å². The number of hydrogen-bond acceptors (Lipinski definition) is 4. The van der Waals surface area contributed by atoms with E-state index in [4.69, 9.17) is 16.2 Å². The highest BCUT2D eigenvalue weighted by Crippen LogP contribution is 2.32. The second-order valence-corrected chi connectivity index (χ2v) is 3.90. The molecular formula is C9H11BrN4O3. The van der Waals surface area contributed by atoms with Gasteiger partial charge in [-0.1, -0.05) is 15.9 Å². The molecule has 0 unspecified atom stereocenters. The van der Waals surface area contributed by atoms with Crippen molar-refractivity contribution in [2.75, 3.05) is 7.11 Å². The average molecular weight is 303 g/mol. The third kappa shape index (κ3) is 3.25. The summed E-state index contributed by atoms with van der Waals surface area (Å²) in [6.45, 7) is 0. The lowest BCUT2D eigenvalue weighted by Gasteiger charge is -2.07. The molecule has 5 N–H and O–H groups in total. The number of halogens is 1. The molecule has 0 amide bonds. The van der Waals surface area contributed by atoms with Gasteiger partial charge in [0, 0.05) is 10.0 Å². The largest absolute Gasteiger partial charge is 0.722 e. The van der Waals surface area contributed by atoms with E-state index in [0.29, 0.717) is 10.0 Å². The molecular weight excluding hydrogens is 292 g/mol. The van der Waals surface area contributed by atoms with Gasteiger partial charge in [-0.25, -0.2) is 0 Å². The summed E-state index contributed by atoms with van der Waals surface area (Å²) in [6.07, 6.45) is 1.12. The van der Waals surface area contributed by atoms with Crippen LogP contribution in [0.25, 0.3) is 0 Å². The van der Waals surface area contributed by atoms with Crippen LogP contribution >= 0.6 is 15.9 Å². The van der Waals surface area contributed by atoms with Gasteiger partial charge in [-0.15, -0.1) is 9.95 Å². The van der Waals surface area contributed by atoms with Crippen molar-refractivity contribution in [2.45, 2.75) is 0 Å². The first-order chi connectivity index (χ1) is 7.95. The molecule has 0 saturated heterocycles. The highest BCUT2D eigenvalue weighted by Gasteiger charge is 2.08. The topological polar surface area (TPSA) is 120 Å². The third-order valence-electron chi connectivity index (χ3n) is 1.81. The molecule has 92 valence electrons. The number of methoxy groups -OCH3 is 1. The Morgan fingerprint density at radius 3 is 2.76 bits per heavy atom. The molecule has 0 aliphatic carbocycles. The minimum absolute atomic E-state index is 0.0345. The van der Waals surface area contributed by atoms with Crippen LogP contribution in [0.1, 0.15) is 5.56 Å². The van der Waals surface area contributed by atoms with E-state index in [0.717, 1.165) is 6.21 Å². The summed E-state index contributed by atoms with van der Waals surface area (Å²) in [4.78, 5) is 0.0345. The van der Waals surface area contributed by atoms with Crippen LogP contribution in [0.5, 0.6) is 11.5 Å². The number of hydrogen-bond donors (Lipinski definition) is 3. The van der Waals surface area contributed by atoms with Crippen LogP contribution in [0.2, 0.25) is 0 Å². The zero-order valence-electron chi connectivity index (χ0n) is 8.92. The number of hydrazone groups is 1. The van der Waals surface area contributed by atoms with Crippen LogP contribution in [0, 0.1) is 5.21 Å². The molecule has 8 heteroatoms. The SMILES string of the molecule is COc1cc(Br)cc(/C=N/[N+]([O-])=C(N)N)c1O. The van der Waals surface area contributed by atoms with Gasteiger partial charge in [-0.2, -0.15) is 0 Å². The fraction of sp³-hybridized carbons (Fsp3) is 0.111. The lowest BCUT2D eigenvalue weighted by Crippen LogP contribution is -2.30. The summed E-state index contributed by atoms with van der Waals surface area (Å²) in [5.74, 6) is -0.380. The molecule has 0 aliphatic rings. The Morgan fingerprint density at radius 2 is 2.24 bits per heavy atom. The summed E-state index contributed by atoms with van der Waals surface area (Å²) in [5.41, 5.74) is 10.3. The van der Waals surface area contributed by atoms with Crippen molar-refractivity contribution in [1.29, 1.82) is 0 Å². The van der Waals surface area contributed by atoms with Crippen LogP contribution in [-0.4, -0.2) is 29.2 Å². The number of nitrogens with two attached hydrogens (primary N) is 2. The Bertz CT molecular complexity index is 483. The number of phenols is 1. The monoisotopic (exact) mass is 302 g/mol. The first-order valence-electron chi connectivity index (χ1n) is 4.41. The number of phenolic OH excluding ortho intramolecular Hbond substituents is 1. The van der Waals surface area contributed by atoms with Gasteiger partial charge < -0.3 is 15.1 Å². The summed E-state index contributed by atoms with van der Waals surface area (Å²) >= 11 is 3.22. The van der Waals surface area contributed by atoms with Gasteiger partial charge >= 0.3 is 5.96 Å². The van der Waals surface area contributed by atoms with Crippen LogP contribution in [0.3, 0.4) is 0 Å². The molecule has 1 aromatic rings. The van der Waals surface area contributed by atoms with Crippen LogP contribution < -0.4 is 16.2 Å². The maximum atomic E-state index is 11.0. The van der Waals surface area contributed by atoms with E-state index in [9.17, 15) is 10.3 Å². The zero-order valence-corrected chi connectivity index (χ0v) is 10.5. The highest BCUT2D eigenvalue weighted by atomic mass is 79.9. The summed E-state index contributed by atoms with van der Waals surface area (Å²) in [5, 5.41) is 24.1. The highest BCUT2D eigenvalue weighted by molar-refractivity contribution is 9.10. The molecule has 0 bridgehead atoms. The van der Waals surface area contributed by atoms with Gasteiger partial charge in [0.1, 0.15) is 0 Å². The van der Waals surface area contributed by atoms with Crippen molar-refractivity contribution in [3.8, 4) is 11.5 Å². The number of benzene rings is 1. The van der Waals surface area contributed by atoms with E-state index < -0.39 is 5.96 Å². The van der Waals surface area contributed by atoms with Crippen molar-refractivity contribution in [2.24, 2.45) is 16.6 Å². The Hall–Kier alpha value is -1.96. The second kappa shape index (κ2) is 5.39. The third-order valence-corrected chi connectivity index (χ3v) is 2.27. The van der Waals surface area contributed by atoms with Gasteiger partial charge in [0.25, 0.3) is 0 Å².